The Morgan fingerprint density at radius 3 is 2.95 bits per heavy atom. The summed E-state index contributed by atoms with van der Waals surface area (Å²) in [6, 6.07) is 0.122. The molecule has 2 heterocycles. The van der Waals surface area contributed by atoms with E-state index in [0.29, 0.717) is 19.7 Å². The molecular weight excluding hydrogens is 253 g/mol. The molecule has 7 heteroatoms. The van der Waals surface area contributed by atoms with Gasteiger partial charge in [0.05, 0.1) is 25.5 Å². The number of likely N-dealkylation sites (tertiary alicyclic amines) is 1. The molecule has 1 saturated heterocycles. The quantitative estimate of drug-likeness (QED) is 0.834. The van der Waals surface area contributed by atoms with Gasteiger partial charge >= 0.3 is 12.1 Å². The first-order chi connectivity index (χ1) is 9.19. The maximum atomic E-state index is 12.7. The van der Waals surface area contributed by atoms with Crippen LogP contribution in [0.3, 0.4) is 0 Å². The second kappa shape index (κ2) is 6.31. The predicted molar refractivity (Wildman–Crippen MR) is 64.2 cm³/mol. The van der Waals surface area contributed by atoms with Gasteiger partial charge in [0.1, 0.15) is 6.10 Å². The Balaban J connectivity index is 1.90. The molecule has 1 amide bonds. The standard InChI is InChI=1S/C12H16FN3O3/c1-2-18-12(17)16-5-3-4-10(8-16)19-11-14-6-9(13)7-15-11/h6-7,10H,2-5,8H2,1H3/t10-/m1/s1. The molecule has 1 fully saturated rings. The van der Waals surface area contributed by atoms with Gasteiger partial charge in [-0.3, -0.25) is 0 Å². The molecule has 6 nitrogen and oxygen atoms in total. The summed E-state index contributed by atoms with van der Waals surface area (Å²) < 4.78 is 23.1. The molecule has 2 rings (SSSR count). The summed E-state index contributed by atoms with van der Waals surface area (Å²) >= 11 is 0. The van der Waals surface area contributed by atoms with Crippen molar-refractivity contribution < 1.29 is 18.7 Å². The van der Waals surface area contributed by atoms with E-state index < -0.39 is 5.82 Å². The molecule has 0 bridgehead atoms. The van der Waals surface area contributed by atoms with Crippen molar-refractivity contribution in [1.29, 1.82) is 0 Å². The number of amides is 1. The van der Waals surface area contributed by atoms with Crippen molar-refractivity contribution in [3.05, 3.63) is 18.2 Å². The minimum Gasteiger partial charge on any atom is -0.458 e. The summed E-state index contributed by atoms with van der Waals surface area (Å²) in [4.78, 5) is 20.7. The van der Waals surface area contributed by atoms with E-state index >= 15 is 0 Å². The van der Waals surface area contributed by atoms with E-state index in [2.05, 4.69) is 9.97 Å². The molecule has 0 saturated carbocycles. The number of hydrogen-bond donors (Lipinski definition) is 0. The molecular formula is C12H16FN3O3. The number of carbonyl (C=O) groups is 1. The van der Waals surface area contributed by atoms with Gasteiger partial charge in [-0.2, -0.15) is 0 Å². The Kier molecular flexibility index (Phi) is 4.48. The molecule has 0 radical (unpaired) electrons. The van der Waals surface area contributed by atoms with Crippen LogP contribution in [0, 0.1) is 5.82 Å². The number of nitrogens with zero attached hydrogens (tertiary/aromatic N) is 3. The van der Waals surface area contributed by atoms with Gasteiger partial charge in [0, 0.05) is 6.54 Å². The van der Waals surface area contributed by atoms with Crippen molar-refractivity contribution in [2.24, 2.45) is 0 Å². The van der Waals surface area contributed by atoms with Crippen LogP contribution < -0.4 is 4.74 Å². The highest BCUT2D eigenvalue weighted by Crippen LogP contribution is 2.16. The highest BCUT2D eigenvalue weighted by atomic mass is 19.1. The lowest BCUT2D eigenvalue weighted by Crippen LogP contribution is -2.44. The molecule has 19 heavy (non-hydrogen) atoms. The predicted octanol–water partition coefficient (Wildman–Crippen LogP) is 1.62. The number of aromatic nitrogens is 2. The molecule has 0 unspecified atom stereocenters. The Morgan fingerprint density at radius 2 is 2.26 bits per heavy atom. The third-order valence-electron chi connectivity index (χ3n) is 2.77. The highest BCUT2D eigenvalue weighted by molar-refractivity contribution is 5.67. The summed E-state index contributed by atoms with van der Waals surface area (Å²) in [7, 11) is 0. The van der Waals surface area contributed by atoms with E-state index in [1.54, 1.807) is 11.8 Å². The molecule has 1 aromatic rings. The van der Waals surface area contributed by atoms with Crippen molar-refractivity contribution in [2.45, 2.75) is 25.9 Å². The van der Waals surface area contributed by atoms with Crippen molar-refractivity contribution in [1.82, 2.24) is 14.9 Å². The van der Waals surface area contributed by atoms with Gasteiger partial charge in [-0.15, -0.1) is 0 Å². The Morgan fingerprint density at radius 1 is 1.53 bits per heavy atom. The topological polar surface area (TPSA) is 64.5 Å². The van der Waals surface area contributed by atoms with Crippen LogP contribution in [0.4, 0.5) is 9.18 Å². The highest BCUT2D eigenvalue weighted by Gasteiger charge is 2.26. The third-order valence-corrected chi connectivity index (χ3v) is 2.77. The van der Waals surface area contributed by atoms with Crippen LogP contribution in [0.25, 0.3) is 0 Å². The average molecular weight is 269 g/mol. The van der Waals surface area contributed by atoms with Crippen LogP contribution in [0.2, 0.25) is 0 Å². The van der Waals surface area contributed by atoms with Crippen LogP contribution >= 0.6 is 0 Å². The van der Waals surface area contributed by atoms with E-state index in [-0.39, 0.29) is 18.2 Å². The second-order valence-corrected chi connectivity index (χ2v) is 4.21. The van der Waals surface area contributed by atoms with Gasteiger partial charge in [0.2, 0.25) is 0 Å². The van der Waals surface area contributed by atoms with Crippen molar-refractivity contribution in [2.75, 3.05) is 19.7 Å². The lowest BCUT2D eigenvalue weighted by molar-refractivity contribution is 0.0574. The first kappa shape index (κ1) is 13.5. The van der Waals surface area contributed by atoms with E-state index in [1.165, 1.54) is 0 Å². The van der Waals surface area contributed by atoms with Gasteiger partial charge in [-0.05, 0) is 19.8 Å². The average Bonchev–Trinajstić information content (AvgIpc) is 2.42. The van der Waals surface area contributed by atoms with E-state index in [0.717, 1.165) is 25.2 Å². The van der Waals surface area contributed by atoms with Gasteiger partial charge in [0.25, 0.3) is 0 Å². The van der Waals surface area contributed by atoms with Crippen LogP contribution in [0.15, 0.2) is 12.4 Å². The number of piperidine rings is 1. The molecule has 1 aliphatic rings. The normalized spacial score (nSPS) is 19.1. The number of halogens is 1. The summed E-state index contributed by atoms with van der Waals surface area (Å²) in [6.07, 6.45) is 3.20. The third kappa shape index (κ3) is 3.77. The van der Waals surface area contributed by atoms with Gasteiger partial charge in [0.15, 0.2) is 5.82 Å². The fourth-order valence-corrected chi connectivity index (χ4v) is 1.93. The first-order valence-corrected chi connectivity index (χ1v) is 6.25. The van der Waals surface area contributed by atoms with Crippen LogP contribution in [0.5, 0.6) is 6.01 Å². The maximum absolute atomic E-state index is 12.7. The van der Waals surface area contributed by atoms with Crippen LogP contribution in [-0.4, -0.2) is 46.8 Å². The molecule has 0 N–H and O–H groups in total. The summed E-state index contributed by atoms with van der Waals surface area (Å²) in [5.74, 6) is -0.510. The van der Waals surface area contributed by atoms with Gasteiger partial charge in [-0.25, -0.2) is 19.2 Å². The molecule has 1 atom stereocenters. The molecule has 104 valence electrons. The fourth-order valence-electron chi connectivity index (χ4n) is 1.93. The molecule has 0 aromatic carbocycles. The SMILES string of the molecule is CCOC(=O)N1CCC[C@@H](Oc2ncc(F)cn2)C1. The van der Waals surface area contributed by atoms with Crippen molar-refractivity contribution >= 4 is 6.09 Å². The minimum atomic E-state index is -0.510. The number of hydrogen-bond acceptors (Lipinski definition) is 5. The first-order valence-electron chi connectivity index (χ1n) is 6.25. The largest absolute Gasteiger partial charge is 0.458 e. The van der Waals surface area contributed by atoms with Gasteiger partial charge < -0.3 is 14.4 Å². The van der Waals surface area contributed by atoms with Crippen LogP contribution in [0.1, 0.15) is 19.8 Å². The van der Waals surface area contributed by atoms with Crippen molar-refractivity contribution in [3.8, 4) is 6.01 Å². The summed E-state index contributed by atoms with van der Waals surface area (Å²) in [5.41, 5.74) is 0. The second-order valence-electron chi connectivity index (χ2n) is 4.21. The zero-order valence-corrected chi connectivity index (χ0v) is 10.7. The lowest BCUT2D eigenvalue weighted by Gasteiger charge is -2.31. The molecule has 0 spiro atoms. The maximum Gasteiger partial charge on any atom is 0.409 e. The molecule has 1 aromatic heterocycles. The van der Waals surface area contributed by atoms with E-state index in [9.17, 15) is 9.18 Å². The van der Waals surface area contributed by atoms with Gasteiger partial charge in [-0.1, -0.05) is 0 Å². The lowest BCUT2D eigenvalue weighted by atomic mass is 10.1. The molecule has 1 aliphatic heterocycles. The monoisotopic (exact) mass is 269 g/mol. The smallest absolute Gasteiger partial charge is 0.409 e. The Bertz CT molecular complexity index is 427. The summed E-state index contributed by atoms with van der Waals surface area (Å²) in [6.45, 7) is 3.20. The fraction of sp³-hybridized carbons (Fsp3) is 0.583. The zero-order chi connectivity index (χ0) is 13.7. The van der Waals surface area contributed by atoms with Crippen LogP contribution in [-0.2, 0) is 4.74 Å². The Hall–Kier alpha value is -1.92. The zero-order valence-electron chi connectivity index (χ0n) is 10.7. The molecule has 0 aliphatic carbocycles. The summed E-state index contributed by atoms with van der Waals surface area (Å²) in [5, 5.41) is 0. The van der Waals surface area contributed by atoms with E-state index in [1.807, 2.05) is 0 Å². The minimum absolute atomic E-state index is 0.122. The van der Waals surface area contributed by atoms with E-state index in [4.69, 9.17) is 9.47 Å². The number of rotatable bonds is 3. The Labute approximate surface area is 110 Å². The van der Waals surface area contributed by atoms with Crippen molar-refractivity contribution in [3.63, 3.8) is 0 Å². The number of ether oxygens (including phenoxy) is 2. The number of carbonyl (C=O) groups excluding carboxylic acids is 1.